The number of anilines is 1. The van der Waals surface area contributed by atoms with Gasteiger partial charge in [0.25, 0.3) is 5.91 Å². The number of aromatic nitrogens is 1. The molecule has 0 unspecified atom stereocenters. The second kappa shape index (κ2) is 3.65. The zero-order valence-corrected chi connectivity index (χ0v) is 7.86. The van der Waals surface area contributed by atoms with Crippen molar-refractivity contribution in [2.24, 2.45) is 0 Å². The van der Waals surface area contributed by atoms with Gasteiger partial charge >= 0.3 is 0 Å². The lowest BCUT2D eigenvalue weighted by atomic mass is 9.93. The molecule has 74 valence electrons. The number of carbonyl (C=O) groups excluding carboxylic acids is 1. The lowest BCUT2D eigenvalue weighted by molar-refractivity contribution is 0.0918. The first-order chi connectivity index (χ1) is 6.77. The van der Waals surface area contributed by atoms with Gasteiger partial charge in [-0.2, -0.15) is 0 Å². The maximum atomic E-state index is 11.6. The molecule has 4 heteroatoms. The van der Waals surface area contributed by atoms with E-state index >= 15 is 0 Å². The topological polar surface area (TPSA) is 68.0 Å². The summed E-state index contributed by atoms with van der Waals surface area (Å²) in [5.74, 6) is -0.0883. The molecule has 0 aliphatic heterocycles. The van der Waals surface area contributed by atoms with Crippen LogP contribution < -0.4 is 11.1 Å². The highest BCUT2D eigenvalue weighted by Crippen LogP contribution is 2.19. The van der Waals surface area contributed by atoms with E-state index in [1.807, 2.05) is 0 Å². The summed E-state index contributed by atoms with van der Waals surface area (Å²) in [6.45, 7) is 0. The Bertz CT molecular complexity index is 347. The van der Waals surface area contributed by atoms with Crippen LogP contribution in [0.2, 0.25) is 0 Å². The Kier molecular flexibility index (Phi) is 2.35. The summed E-state index contributed by atoms with van der Waals surface area (Å²) in [7, 11) is 0. The molecule has 1 heterocycles. The Balaban J connectivity index is 2.06. The van der Waals surface area contributed by atoms with Crippen LogP contribution in [0, 0.1) is 0 Å². The lowest BCUT2D eigenvalue weighted by Crippen LogP contribution is -2.39. The maximum absolute atomic E-state index is 11.6. The third-order valence-corrected chi connectivity index (χ3v) is 2.54. The molecule has 0 atom stereocenters. The first kappa shape index (κ1) is 8.99. The number of nitrogens with zero attached hydrogens (tertiary/aromatic N) is 1. The number of amides is 1. The highest BCUT2D eigenvalue weighted by molar-refractivity contribution is 5.99. The molecule has 2 rings (SSSR count). The van der Waals surface area contributed by atoms with Gasteiger partial charge in [0.2, 0.25) is 0 Å². The van der Waals surface area contributed by atoms with Gasteiger partial charge in [-0.1, -0.05) is 0 Å². The van der Waals surface area contributed by atoms with Crippen LogP contribution in [0.3, 0.4) is 0 Å². The highest BCUT2D eigenvalue weighted by Gasteiger charge is 2.20. The molecule has 0 bridgehead atoms. The van der Waals surface area contributed by atoms with Crippen molar-refractivity contribution in [1.82, 2.24) is 10.3 Å². The van der Waals surface area contributed by atoms with Gasteiger partial charge in [-0.05, 0) is 25.3 Å². The number of hydrogen-bond acceptors (Lipinski definition) is 3. The Hall–Kier alpha value is -1.58. The molecule has 0 aromatic carbocycles. The molecular weight excluding hydrogens is 178 g/mol. The van der Waals surface area contributed by atoms with Crippen LogP contribution in [0.5, 0.6) is 0 Å². The van der Waals surface area contributed by atoms with Crippen molar-refractivity contribution in [2.75, 3.05) is 5.73 Å². The summed E-state index contributed by atoms with van der Waals surface area (Å²) in [5.41, 5.74) is 6.59. The van der Waals surface area contributed by atoms with Crippen molar-refractivity contribution in [3.63, 3.8) is 0 Å². The monoisotopic (exact) mass is 191 g/mol. The second-order valence-corrected chi connectivity index (χ2v) is 3.56. The van der Waals surface area contributed by atoms with Crippen molar-refractivity contribution >= 4 is 11.6 Å². The van der Waals surface area contributed by atoms with E-state index in [0.29, 0.717) is 17.3 Å². The molecule has 1 fully saturated rings. The van der Waals surface area contributed by atoms with Gasteiger partial charge in [0.15, 0.2) is 0 Å². The average molecular weight is 191 g/mol. The molecule has 0 spiro atoms. The van der Waals surface area contributed by atoms with Gasteiger partial charge in [-0.3, -0.25) is 9.78 Å². The minimum atomic E-state index is -0.0883. The summed E-state index contributed by atoms with van der Waals surface area (Å²) in [6, 6.07) is 1.98. The van der Waals surface area contributed by atoms with Gasteiger partial charge in [0.1, 0.15) is 0 Å². The molecule has 1 aromatic heterocycles. The van der Waals surface area contributed by atoms with E-state index in [-0.39, 0.29) is 5.91 Å². The fraction of sp³-hybridized carbons (Fsp3) is 0.400. The largest absolute Gasteiger partial charge is 0.397 e. The molecule has 1 saturated carbocycles. The predicted molar refractivity (Wildman–Crippen MR) is 53.8 cm³/mol. The van der Waals surface area contributed by atoms with E-state index in [0.717, 1.165) is 12.8 Å². The minimum Gasteiger partial charge on any atom is -0.397 e. The van der Waals surface area contributed by atoms with Gasteiger partial charge in [-0.25, -0.2) is 0 Å². The van der Waals surface area contributed by atoms with E-state index in [1.54, 1.807) is 12.3 Å². The third kappa shape index (κ3) is 1.69. The molecule has 1 aromatic rings. The normalized spacial score (nSPS) is 16.0. The van der Waals surface area contributed by atoms with Gasteiger partial charge < -0.3 is 11.1 Å². The fourth-order valence-electron chi connectivity index (χ4n) is 1.43. The average Bonchev–Trinajstić information content (AvgIpc) is 2.12. The molecule has 14 heavy (non-hydrogen) atoms. The first-order valence-electron chi connectivity index (χ1n) is 4.78. The van der Waals surface area contributed by atoms with Crippen LogP contribution >= 0.6 is 0 Å². The minimum absolute atomic E-state index is 0.0883. The summed E-state index contributed by atoms with van der Waals surface area (Å²) >= 11 is 0. The number of nitrogens with two attached hydrogens (primary N) is 1. The predicted octanol–water partition coefficient (Wildman–Crippen LogP) is 0.946. The Morgan fingerprint density at radius 1 is 1.57 bits per heavy atom. The van der Waals surface area contributed by atoms with E-state index in [2.05, 4.69) is 10.3 Å². The van der Waals surface area contributed by atoms with Crippen LogP contribution in [0.1, 0.15) is 29.6 Å². The Morgan fingerprint density at radius 2 is 2.36 bits per heavy atom. The number of carbonyl (C=O) groups is 1. The van der Waals surface area contributed by atoms with Crippen LogP contribution in [-0.2, 0) is 0 Å². The zero-order chi connectivity index (χ0) is 9.97. The summed E-state index contributed by atoms with van der Waals surface area (Å²) in [4.78, 5) is 15.5. The number of rotatable bonds is 2. The second-order valence-electron chi connectivity index (χ2n) is 3.56. The molecule has 1 aliphatic carbocycles. The highest BCUT2D eigenvalue weighted by atomic mass is 16.1. The van der Waals surface area contributed by atoms with Crippen LogP contribution in [0.25, 0.3) is 0 Å². The Morgan fingerprint density at radius 3 is 2.93 bits per heavy atom. The van der Waals surface area contributed by atoms with E-state index in [1.165, 1.54) is 12.6 Å². The lowest BCUT2D eigenvalue weighted by Gasteiger charge is -2.26. The summed E-state index contributed by atoms with van der Waals surface area (Å²) in [5, 5.41) is 2.93. The molecule has 4 nitrogen and oxygen atoms in total. The van der Waals surface area contributed by atoms with Gasteiger partial charge in [0.05, 0.1) is 17.4 Å². The summed E-state index contributed by atoms with van der Waals surface area (Å²) < 4.78 is 0. The number of hydrogen-bond donors (Lipinski definition) is 2. The van der Waals surface area contributed by atoms with Crippen LogP contribution in [0.4, 0.5) is 5.69 Å². The molecule has 1 amide bonds. The maximum Gasteiger partial charge on any atom is 0.253 e. The molecule has 0 saturated heterocycles. The van der Waals surface area contributed by atoms with Crippen molar-refractivity contribution in [1.29, 1.82) is 0 Å². The molecular formula is C10H13N3O. The number of nitrogens with one attached hydrogen (secondary N) is 1. The summed E-state index contributed by atoms with van der Waals surface area (Å²) in [6.07, 6.45) is 6.44. The van der Waals surface area contributed by atoms with Crippen molar-refractivity contribution < 1.29 is 4.79 Å². The first-order valence-corrected chi connectivity index (χ1v) is 4.78. The molecule has 3 N–H and O–H groups in total. The van der Waals surface area contributed by atoms with Gasteiger partial charge in [0, 0.05) is 12.2 Å². The standard InChI is InChI=1S/C10H13N3O/c11-9-6-12-5-4-8(9)10(14)13-7-2-1-3-7/h4-7H,1-3,11H2,(H,13,14). The Labute approximate surface area is 82.5 Å². The number of nitrogen functional groups attached to an aromatic ring is 1. The van der Waals surface area contributed by atoms with E-state index < -0.39 is 0 Å². The SMILES string of the molecule is Nc1cnccc1C(=O)NC1CCC1. The quantitative estimate of drug-likeness (QED) is 0.731. The van der Waals surface area contributed by atoms with Crippen LogP contribution in [-0.4, -0.2) is 16.9 Å². The smallest absolute Gasteiger partial charge is 0.253 e. The zero-order valence-electron chi connectivity index (χ0n) is 7.86. The van der Waals surface area contributed by atoms with Crippen molar-refractivity contribution in [3.05, 3.63) is 24.0 Å². The molecule has 0 radical (unpaired) electrons. The van der Waals surface area contributed by atoms with Crippen LogP contribution in [0.15, 0.2) is 18.5 Å². The van der Waals surface area contributed by atoms with Crippen molar-refractivity contribution in [2.45, 2.75) is 25.3 Å². The van der Waals surface area contributed by atoms with Gasteiger partial charge in [-0.15, -0.1) is 0 Å². The van der Waals surface area contributed by atoms with Crippen molar-refractivity contribution in [3.8, 4) is 0 Å². The fourth-order valence-corrected chi connectivity index (χ4v) is 1.43. The van der Waals surface area contributed by atoms with E-state index in [4.69, 9.17) is 5.73 Å². The number of pyridine rings is 1. The third-order valence-electron chi connectivity index (χ3n) is 2.54. The molecule has 1 aliphatic rings. The van der Waals surface area contributed by atoms with E-state index in [9.17, 15) is 4.79 Å².